The lowest BCUT2D eigenvalue weighted by Crippen LogP contribution is -2.39. The van der Waals surface area contributed by atoms with E-state index in [4.69, 9.17) is 9.84 Å². The van der Waals surface area contributed by atoms with Gasteiger partial charge in [-0.25, -0.2) is 4.79 Å². The van der Waals surface area contributed by atoms with Crippen molar-refractivity contribution in [2.75, 3.05) is 32.8 Å². The second kappa shape index (κ2) is 6.75. The zero-order chi connectivity index (χ0) is 13.7. The van der Waals surface area contributed by atoms with Crippen LogP contribution in [-0.2, 0) is 9.53 Å². The molecule has 6 nitrogen and oxygen atoms in total. The van der Waals surface area contributed by atoms with Gasteiger partial charge in [0.25, 0.3) is 0 Å². The topological polar surface area (TPSA) is 78.9 Å². The molecule has 2 atom stereocenters. The van der Waals surface area contributed by atoms with Gasteiger partial charge in [0.05, 0.1) is 0 Å². The third-order valence-corrected chi connectivity index (χ3v) is 3.89. The Morgan fingerprint density at radius 1 is 1.32 bits per heavy atom. The third kappa shape index (κ3) is 4.38. The van der Waals surface area contributed by atoms with Gasteiger partial charge < -0.3 is 20.1 Å². The number of nitrogens with zero attached hydrogens (tertiary/aromatic N) is 1. The van der Waals surface area contributed by atoms with Crippen molar-refractivity contribution in [1.29, 1.82) is 0 Å². The molecule has 0 radical (unpaired) electrons. The van der Waals surface area contributed by atoms with Crippen molar-refractivity contribution in [3.8, 4) is 0 Å². The third-order valence-electron chi connectivity index (χ3n) is 3.89. The smallest absolute Gasteiger partial charge is 0.317 e. The predicted molar refractivity (Wildman–Crippen MR) is 68.9 cm³/mol. The second-order valence-corrected chi connectivity index (χ2v) is 5.45. The Bertz CT molecular complexity index is 329. The van der Waals surface area contributed by atoms with Crippen LogP contribution in [0.2, 0.25) is 0 Å². The summed E-state index contributed by atoms with van der Waals surface area (Å²) in [6.07, 6.45) is 2.98. The van der Waals surface area contributed by atoms with Gasteiger partial charge in [-0.15, -0.1) is 0 Å². The molecule has 2 aliphatic rings. The highest BCUT2D eigenvalue weighted by atomic mass is 16.5. The summed E-state index contributed by atoms with van der Waals surface area (Å²) < 4.78 is 5.29. The normalized spacial score (nSPS) is 26.6. The molecule has 0 aromatic heterocycles. The lowest BCUT2D eigenvalue weighted by atomic mass is 10.1. The highest BCUT2D eigenvalue weighted by molar-refractivity contribution is 5.74. The Morgan fingerprint density at radius 2 is 2.16 bits per heavy atom. The van der Waals surface area contributed by atoms with Gasteiger partial charge in [-0.3, -0.25) is 4.79 Å². The van der Waals surface area contributed by atoms with Crippen molar-refractivity contribution < 1.29 is 19.4 Å². The summed E-state index contributed by atoms with van der Waals surface area (Å²) in [5.41, 5.74) is 0. The van der Waals surface area contributed by atoms with Gasteiger partial charge in [-0.1, -0.05) is 0 Å². The molecule has 0 saturated carbocycles. The van der Waals surface area contributed by atoms with E-state index in [-0.39, 0.29) is 18.4 Å². The van der Waals surface area contributed by atoms with Crippen LogP contribution in [-0.4, -0.2) is 54.9 Å². The highest BCUT2D eigenvalue weighted by Crippen LogP contribution is 2.19. The zero-order valence-electron chi connectivity index (χ0n) is 11.1. The van der Waals surface area contributed by atoms with E-state index in [1.807, 2.05) is 0 Å². The van der Waals surface area contributed by atoms with Crippen molar-refractivity contribution in [3.05, 3.63) is 0 Å². The maximum Gasteiger partial charge on any atom is 0.317 e. The number of hydrogen-bond donors (Lipinski definition) is 2. The van der Waals surface area contributed by atoms with E-state index >= 15 is 0 Å². The van der Waals surface area contributed by atoms with Crippen LogP contribution in [0.1, 0.15) is 25.7 Å². The first kappa shape index (κ1) is 14.1. The molecule has 2 fully saturated rings. The minimum atomic E-state index is -0.784. The number of carboxylic acids is 1. The van der Waals surface area contributed by atoms with Crippen molar-refractivity contribution in [2.45, 2.75) is 25.7 Å². The van der Waals surface area contributed by atoms with E-state index in [9.17, 15) is 9.59 Å². The number of ether oxygens (including phenoxy) is 1. The van der Waals surface area contributed by atoms with E-state index < -0.39 is 5.97 Å². The Hall–Kier alpha value is -1.30. The van der Waals surface area contributed by atoms with Crippen LogP contribution >= 0.6 is 0 Å². The quantitative estimate of drug-likeness (QED) is 0.778. The highest BCUT2D eigenvalue weighted by Gasteiger charge is 2.27. The van der Waals surface area contributed by atoms with E-state index in [0.29, 0.717) is 25.6 Å². The molecular weight excluding hydrogens is 248 g/mol. The maximum atomic E-state index is 11.9. The van der Waals surface area contributed by atoms with Crippen LogP contribution < -0.4 is 5.32 Å². The van der Waals surface area contributed by atoms with E-state index in [1.165, 1.54) is 0 Å². The van der Waals surface area contributed by atoms with Crippen LogP contribution in [0.5, 0.6) is 0 Å². The van der Waals surface area contributed by atoms with E-state index in [1.54, 1.807) is 4.90 Å². The molecule has 2 unspecified atom stereocenters. The molecule has 2 amide bonds. The van der Waals surface area contributed by atoms with Crippen molar-refractivity contribution >= 4 is 12.0 Å². The fourth-order valence-corrected chi connectivity index (χ4v) is 2.74. The van der Waals surface area contributed by atoms with Gasteiger partial charge in [-0.2, -0.15) is 0 Å². The van der Waals surface area contributed by atoms with Crippen molar-refractivity contribution in [3.63, 3.8) is 0 Å². The average molecular weight is 270 g/mol. The number of likely N-dealkylation sites (tertiary alicyclic amines) is 1. The molecule has 0 bridgehead atoms. The summed E-state index contributed by atoms with van der Waals surface area (Å²) in [6.45, 7) is 3.54. The molecule has 2 aliphatic heterocycles. The summed E-state index contributed by atoms with van der Waals surface area (Å²) in [6, 6.07) is -0.0631. The second-order valence-electron chi connectivity index (χ2n) is 5.45. The Balaban J connectivity index is 1.62. The molecule has 0 aliphatic carbocycles. The molecular formula is C13H22N2O4. The van der Waals surface area contributed by atoms with Gasteiger partial charge in [0, 0.05) is 39.3 Å². The summed E-state index contributed by atoms with van der Waals surface area (Å²) in [5.74, 6) is -0.112. The minimum Gasteiger partial charge on any atom is -0.481 e. The molecule has 2 N–H and O–H groups in total. The SMILES string of the molecule is O=C(O)CC1CCN(C(=O)NCCC2CCOC2)C1. The molecule has 19 heavy (non-hydrogen) atoms. The molecule has 2 saturated heterocycles. The summed E-state index contributed by atoms with van der Waals surface area (Å²) >= 11 is 0. The van der Waals surface area contributed by atoms with Gasteiger partial charge >= 0.3 is 12.0 Å². The number of carbonyl (C=O) groups excluding carboxylic acids is 1. The fourth-order valence-electron chi connectivity index (χ4n) is 2.74. The fraction of sp³-hybridized carbons (Fsp3) is 0.846. The summed E-state index contributed by atoms with van der Waals surface area (Å²) in [5, 5.41) is 11.6. The van der Waals surface area contributed by atoms with Crippen molar-refractivity contribution in [2.24, 2.45) is 11.8 Å². The van der Waals surface area contributed by atoms with Gasteiger partial charge in [0.1, 0.15) is 0 Å². The van der Waals surface area contributed by atoms with Crippen LogP contribution in [0.3, 0.4) is 0 Å². The lowest BCUT2D eigenvalue weighted by Gasteiger charge is -2.17. The van der Waals surface area contributed by atoms with Crippen molar-refractivity contribution in [1.82, 2.24) is 10.2 Å². The lowest BCUT2D eigenvalue weighted by molar-refractivity contribution is -0.138. The summed E-state index contributed by atoms with van der Waals surface area (Å²) in [7, 11) is 0. The molecule has 2 heterocycles. The predicted octanol–water partition coefficient (Wildman–Crippen LogP) is 0.919. The Kier molecular flexibility index (Phi) is 5.01. The molecule has 108 valence electrons. The molecule has 0 spiro atoms. The first-order chi connectivity index (χ1) is 9.15. The minimum absolute atomic E-state index is 0.0631. The molecule has 0 aromatic rings. The number of aliphatic carboxylic acids is 1. The standard InChI is InChI=1S/C13H22N2O4/c16-12(17)7-11-2-5-15(8-11)13(18)14-4-1-10-3-6-19-9-10/h10-11H,1-9H2,(H,14,18)(H,16,17). The van der Waals surface area contributed by atoms with E-state index in [2.05, 4.69) is 5.32 Å². The number of nitrogens with one attached hydrogen (secondary N) is 1. The van der Waals surface area contributed by atoms with Gasteiger partial charge in [0.2, 0.25) is 0 Å². The Labute approximate surface area is 113 Å². The van der Waals surface area contributed by atoms with Crippen LogP contribution in [0, 0.1) is 11.8 Å². The monoisotopic (exact) mass is 270 g/mol. The van der Waals surface area contributed by atoms with Crippen LogP contribution in [0.4, 0.5) is 4.79 Å². The molecule has 6 heteroatoms. The van der Waals surface area contributed by atoms with Crippen LogP contribution in [0.15, 0.2) is 0 Å². The number of carboxylic acid groups (broad SMARTS) is 1. The average Bonchev–Trinajstić information content (AvgIpc) is 2.99. The number of hydrogen-bond acceptors (Lipinski definition) is 3. The first-order valence-corrected chi connectivity index (χ1v) is 6.97. The van der Waals surface area contributed by atoms with Crippen LogP contribution in [0.25, 0.3) is 0 Å². The Morgan fingerprint density at radius 3 is 2.84 bits per heavy atom. The number of carbonyl (C=O) groups is 2. The number of rotatable bonds is 5. The van der Waals surface area contributed by atoms with Gasteiger partial charge in [-0.05, 0) is 31.1 Å². The first-order valence-electron chi connectivity index (χ1n) is 6.97. The van der Waals surface area contributed by atoms with E-state index in [0.717, 1.165) is 32.5 Å². The summed E-state index contributed by atoms with van der Waals surface area (Å²) in [4.78, 5) is 24.2. The number of urea groups is 1. The molecule has 0 aromatic carbocycles. The largest absolute Gasteiger partial charge is 0.481 e. The zero-order valence-corrected chi connectivity index (χ0v) is 11.1. The molecule has 2 rings (SSSR count). The maximum absolute atomic E-state index is 11.9. The number of amides is 2. The van der Waals surface area contributed by atoms with Gasteiger partial charge in [0.15, 0.2) is 0 Å².